The Bertz CT molecular complexity index is 6080. The molecule has 18 rings (SSSR count). The van der Waals surface area contributed by atoms with Gasteiger partial charge in [0, 0.05) is 95.7 Å². The second kappa shape index (κ2) is 43.0. The number of unbranched alkanes of at least 4 members (excludes halogenated alkanes) is 20. The molecule has 2 aromatic heterocycles. The van der Waals surface area contributed by atoms with Crippen LogP contribution in [0.25, 0.3) is 93.8 Å². The zero-order valence-electron chi connectivity index (χ0n) is 74.0. The monoisotopic (exact) mass is 1880 g/mol. The Kier molecular flexibility index (Phi) is 30.4. The van der Waals surface area contributed by atoms with Crippen molar-refractivity contribution in [3.63, 3.8) is 0 Å². The fourth-order valence-corrected chi connectivity index (χ4v) is 21.7. The van der Waals surface area contributed by atoms with Crippen molar-refractivity contribution in [3.8, 4) is 50.2 Å². The number of hydrogen-bond donors (Lipinski definition) is 1. The van der Waals surface area contributed by atoms with Gasteiger partial charge in [-0.2, -0.15) is 0 Å². The van der Waals surface area contributed by atoms with E-state index in [-0.39, 0.29) is 10.8 Å². The second-order valence-corrected chi connectivity index (χ2v) is 38.2. The molecule has 7 heteroatoms. The van der Waals surface area contributed by atoms with E-state index >= 15 is 0 Å². The molecule has 636 valence electrons. The summed E-state index contributed by atoms with van der Waals surface area (Å²) >= 11 is 10.2. The van der Waals surface area contributed by atoms with Crippen LogP contribution in [-0.4, -0.2) is 9.55 Å². The molecule has 2 aliphatic carbocycles. The number of hydrogen-bond acceptors (Lipinski definition) is 2. The summed E-state index contributed by atoms with van der Waals surface area (Å²) in [6, 6.07) is 120. The molecule has 0 atom stereocenters. The van der Waals surface area contributed by atoms with E-state index in [1.54, 1.807) is 11.1 Å². The number of aromatic amines is 1. The number of aromatic nitrogens is 2. The maximum absolute atomic E-state index is 3.93. The zero-order valence-corrected chi connectivity index (χ0v) is 79.3. The van der Waals surface area contributed by atoms with E-state index in [2.05, 4.69) is 429 Å². The number of anilines is 6. The molecule has 0 saturated heterocycles. The van der Waals surface area contributed by atoms with Crippen LogP contribution in [0.2, 0.25) is 0 Å². The Labute approximate surface area is 775 Å². The molecule has 0 radical (unpaired) electrons. The van der Waals surface area contributed by atoms with Crippen LogP contribution >= 0.6 is 54.5 Å². The smallest absolute Gasteiger partial charge is 0.0542 e. The van der Waals surface area contributed by atoms with E-state index < -0.39 is 0 Å². The fraction of sp³-hybridized carbons (Fsp3) is 0.288. The van der Waals surface area contributed by atoms with Crippen LogP contribution in [-0.2, 0) is 10.8 Å². The van der Waals surface area contributed by atoms with Crippen molar-refractivity contribution in [2.75, 3.05) is 9.80 Å². The minimum Gasteiger partial charge on any atom is -0.355 e. The molecule has 0 fully saturated rings. The standard InChI is InChI=1S/C59H61BrN2.C30H22N2.C29H40BrI/c1-3-5-7-9-11-21-39-59(40-22-12-10-8-6-4-2)55-41-46(60)31-36-51(55)52-37-34-50(43-56(52)59)62-57-28-20-19-27-53(57)54-42-49(35-38-58(54)62)61(47-25-17-14-18-26-47)48-32-29-45(30-33-48)44-23-15-13-16-24-44;1-3-9-22(10-4-1)23-15-17-25(18-16-23)32(24-11-5-2-6-12-24)26-19-20-30-28(21-26)27-13-7-8-14-29(27)31-30;1-3-5-7-9-11-13-19-29(20-14-12-10-8-6-4-2)27-21-23(30)15-17-25(27)26-18-16-24(31)22-28(26)29/h13-20,23-38,41-43H,3-12,21-22,39-40H2,1-2H3;1-21,31H;15-18,21-22H,3-14,19-20H2,1-2H3. The summed E-state index contributed by atoms with van der Waals surface area (Å²) in [5.74, 6) is 0. The first-order chi connectivity index (χ1) is 61.6. The van der Waals surface area contributed by atoms with Crippen LogP contribution in [0.4, 0.5) is 34.1 Å². The molecule has 0 spiro atoms. The minimum absolute atomic E-state index is 0.00184. The first-order valence-electron chi connectivity index (χ1n) is 47.2. The Hall–Kier alpha value is -10.0. The first kappa shape index (κ1) is 88.4. The van der Waals surface area contributed by atoms with E-state index in [0.717, 1.165) is 45.2 Å². The highest BCUT2D eigenvalue weighted by molar-refractivity contribution is 14.1. The number of benzene rings is 14. The predicted octanol–water partition coefficient (Wildman–Crippen LogP) is 37.7. The van der Waals surface area contributed by atoms with Crippen LogP contribution in [0.5, 0.6) is 0 Å². The topological polar surface area (TPSA) is 27.2 Å². The van der Waals surface area contributed by atoms with Gasteiger partial charge in [0.1, 0.15) is 0 Å². The fourth-order valence-electron chi connectivity index (χ4n) is 20.5. The van der Waals surface area contributed by atoms with Crippen LogP contribution in [0.3, 0.4) is 0 Å². The number of fused-ring (bicyclic) bond motifs is 12. The quantitative estimate of drug-likeness (QED) is 0.0310. The van der Waals surface area contributed by atoms with Crippen LogP contribution in [0, 0.1) is 3.57 Å². The summed E-state index contributed by atoms with van der Waals surface area (Å²) in [4.78, 5) is 8.24. The maximum atomic E-state index is 3.93. The number of para-hydroxylation sites is 4. The molecule has 2 aliphatic rings. The molecular weight excluding hydrogens is 1760 g/mol. The molecule has 2 heterocycles. The average molecular weight is 1880 g/mol. The Morgan fingerprint density at radius 3 is 1.07 bits per heavy atom. The minimum atomic E-state index is -0.00184. The molecule has 0 unspecified atom stereocenters. The van der Waals surface area contributed by atoms with Crippen LogP contribution in [0.15, 0.2) is 337 Å². The number of halogens is 3. The van der Waals surface area contributed by atoms with Gasteiger partial charge in [0.25, 0.3) is 0 Å². The summed E-state index contributed by atoms with van der Waals surface area (Å²) in [7, 11) is 0. The highest BCUT2D eigenvalue weighted by Gasteiger charge is 2.44. The molecule has 0 saturated carbocycles. The van der Waals surface area contributed by atoms with Gasteiger partial charge in [-0.25, -0.2) is 0 Å². The third-order valence-corrected chi connectivity index (χ3v) is 28.5. The van der Waals surface area contributed by atoms with E-state index in [4.69, 9.17) is 0 Å². The normalized spacial score (nSPS) is 12.7. The van der Waals surface area contributed by atoms with Gasteiger partial charge >= 0.3 is 0 Å². The molecule has 4 nitrogen and oxygen atoms in total. The molecule has 0 aliphatic heterocycles. The summed E-state index contributed by atoms with van der Waals surface area (Å²) in [5, 5.41) is 5.02. The van der Waals surface area contributed by atoms with Crippen molar-refractivity contribution in [3.05, 3.63) is 362 Å². The summed E-state index contributed by atoms with van der Waals surface area (Å²) in [6.45, 7) is 9.25. The van der Waals surface area contributed by atoms with Crippen LogP contribution < -0.4 is 9.80 Å². The van der Waals surface area contributed by atoms with Crippen molar-refractivity contribution in [2.24, 2.45) is 0 Å². The van der Waals surface area contributed by atoms with E-state index in [1.165, 1.54) is 286 Å². The second-order valence-electron chi connectivity index (χ2n) is 35.2. The number of rotatable bonds is 37. The lowest BCUT2D eigenvalue weighted by atomic mass is 9.70. The largest absolute Gasteiger partial charge is 0.355 e. The van der Waals surface area contributed by atoms with Gasteiger partial charge in [-0.3, -0.25) is 0 Å². The number of nitrogens with zero attached hydrogens (tertiary/aromatic N) is 3. The average Bonchev–Trinajstić information content (AvgIpc) is 1.56. The predicted molar refractivity (Wildman–Crippen MR) is 556 cm³/mol. The van der Waals surface area contributed by atoms with Crippen molar-refractivity contribution < 1.29 is 0 Å². The lowest BCUT2D eigenvalue weighted by Gasteiger charge is -2.33. The zero-order chi connectivity index (χ0) is 85.7. The van der Waals surface area contributed by atoms with Gasteiger partial charge in [-0.15, -0.1) is 0 Å². The van der Waals surface area contributed by atoms with Gasteiger partial charge in [-0.1, -0.05) is 396 Å². The molecular formula is C118H123Br2IN4. The van der Waals surface area contributed by atoms with E-state index in [9.17, 15) is 0 Å². The lowest BCUT2D eigenvalue weighted by molar-refractivity contribution is 0.397. The van der Waals surface area contributed by atoms with Crippen molar-refractivity contribution in [2.45, 2.75) is 218 Å². The van der Waals surface area contributed by atoms with Gasteiger partial charge in [0.15, 0.2) is 0 Å². The SMILES string of the molecule is CCCCCCCCC1(CCCCCCCC)c2cc(Br)ccc2-c2ccc(-n3c4ccccc4c4cc(N(c5ccccc5)c5ccc(-c6ccccc6)cc5)ccc43)cc21.CCCCCCCCC1(CCCCCCCC)c2cc(Br)ccc2-c2ccc(I)cc21.c1ccc(-c2ccc(N(c3ccccc3)c3ccc4[nH]c5ccccc5c4c3)cc2)cc1. The molecule has 14 aromatic carbocycles. The summed E-state index contributed by atoms with van der Waals surface area (Å²) < 4.78 is 6.33. The number of H-pyrrole nitrogens is 1. The molecule has 0 bridgehead atoms. The molecule has 1 N–H and O–H groups in total. The van der Waals surface area contributed by atoms with Crippen molar-refractivity contribution >= 4 is 132 Å². The van der Waals surface area contributed by atoms with E-state index in [1.807, 2.05) is 0 Å². The number of nitrogens with one attached hydrogen (secondary N) is 1. The third kappa shape index (κ3) is 20.2. The van der Waals surface area contributed by atoms with E-state index in [0.29, 0.717) is 0 Å². The Morgan fingerprint density at radius 1 is 0.264 bits per heavy atom. The maximum Gasteiger partial charge on any atom is 0.0542 e. The van der Waals surface area contributed by atoms with Gasteiger partial charge in [-0.05, 0) is 261 Å². The highest BCUT2D eigenvalue weighted by Crippen LogP contribution is 2.58. The molecule has 125 heavy (non-hydrogen) atoms. The Balaban J connectivity index is 0.000000153. The summed E-state index contributed by atoms with van der Waals surface area (Å²) in [6.07, 6.45) is 37.2. The first-order valence-corrected chi connectivity index (χ1v) is 49.9. The third-order valence-electron chi connectivity index (χ3n) is 26.8. The van der Waals surface area contributed by atoms with Crippen molar-refractivity contribution in [1.82, 2.24) is 9.55 Å². The van der Waals surface area contributed by atoms with Gasteiger partial charge in [0.05, 0.1) is 11.0 Å². The van der Waals surface area contributed by atoms with Crippen molar-refractivity contribution in [1.29, 1.82) is 0 Å². The Morgan fingerprint density at radius 2 is 0.600 bits per heavy atom. The highest BCUT2D eigenvalue weighted by atomic mass is 127. The molecule has 16 aromatic rings. The van der Waals surface area contributed by atoms with Gasteiger partial charge in [0.2, 0.25) is 0 Å². The molecule has 0 amide bonds. The summed E-state index contributed by atoms with van der Waals surface area (Å²) in [5.41, 5.74) is 30.0. The van der Waals surface area contributed by atoms with Crippen LogP contribution in [0.1, 0.15) is 230 Å². The lowest BCUT2D eigenvalue weighted by Crippen LogP contribution is -2.26. The van der Waals surface area contributed by atoms with Gasteiger partial charge < -0.3 is 19.4 Å².